The molecule has 3 aromatic rings. The van der Waals surface area contributed by atoms with Crippen LogP contribution in [0.3, 0.4) is 0 Å². The van der Waals surface area contributed by atoms with Crippen LogP contribution in [0.5, 0.6) is 23.0 Å². The number of rotatable bonds is 11. The zero-order valence-electron chi connectivity index (χ0n) is 24.8. The summed E-state index contributed by atoms with van der Waals surface area (Å²) in [4.78, 5) is 16.5. The summed E-state index contributed by atoms with van der Waals surface area (Å²) in [6, 6.07) is 15.2. The Labute approximate surface area is 254 Å². The van der Waals surface area contributed by atoms with Gasteiger partial charge in [-0.25, -0.2) is 12.7 Å². The number of methoxy groups -OCH3 is 3. The van der Waals surface area contributed by atoms with Crippen molar-refractivity contribution >= 4 is 21.6 Å². The van der Waals surface area contributed by atoms with E-state index in [4.69, 9.17) is 14.2 Å². The smallest absolute Gasteiger partial charge is 0.495 e. The first kappa shape index (κ1) is 32.7. The number of benzene rings is 3. The Kier molecular flexibility index (Phi) is 10.1. The summed E-state index contributed by atoms with van der Waals surface area (Å²) in [5, 5.41) is 0. The molecule has 10 nitrogen and oxygen atoms in total. The van der Waals surface area contributed by atoms with Gasteiger partial charge in [-0.1, -0.05) is 18.2 Å². The molecule has 1 aliphatic heterocycles. The average molecular weight is 638 g/mol. The lowest BCUT2D eigenvalue weighted by atomic mass is 10.1. The van der Waals surface area contributed by atoms with Gasteiger partial charge >= 0.3 is 6.36 Å². The van der Waals surface area contributed by atoms with E-state index in [0.29, 0.717) is 42.4 Å². The number of carbonyl (C=O) groups excluding carboxylic acids is 1. The molecule has 1 amide bonds. The Bertz CT molecular complexity index is 1580. The number of halogens is 3. The van der Waals surface area contributed by atoms with Crippen LogP contribution in [0.15, 0.2) is 65.6 Å². The fraction of sp³-hybridized carbons (Fsp3) is 0.367. The lowest BCUT2D eigenvalue weighted by molar-refractivity contribution is -0.274. The number of alkyl halides is 3. The van der Waals surface area contributed by atoms with Crippen molar-refractivity contribution < 1.29 is 45.3 Å². The first-order valence-corrected chi connectivity index (χ1v) is 15.1. The summed E-state index contributed by atoms with van der Waals surface area (Å²) in [5.41, 5.74) is 1.20. The zero-order chi connectivity index (χ0) is 32.1. The molecule has 0 spiro atoms. The van der Waals surface area contributed by atoms with E-state index in [-0.39, 0.29) is 30.1 Å². The van der Waals surface area contributed by atoms with Gasteiger partial charge in [-0.3, -0.25) is 4.79 Å². The van der Waals surface area contributed by atoms with Crippen LogP contribution in [0, 0.1) is 0 Å². The minimum absolute atomic E-state index is 0.0693. The van der Waals surface area contributed by atoms with Crippen molar-refractivity contribution in [3.05, 3.63) is 71.8 Å². The van der Waals surface area contributed by atoms with Gasteiger partial charge in [0.1, 0.15) is 11.5 Å². The molecule has 4 rings (SSSR count). The van der Waals surface area contributed by atoms with Crippen LogP contribution in [0.4, 0.5) is 18.9 Å². The van der Waals surface area contributed by atoms with Crippen LogP contribution in [-0.4, -0.2) is 91.0 Å². The van der Waals surface area contributed by atoms with Gasteiger partial charge in [-0.05, 0) is 54.4 Å². The van der Waals surface area contributed by atoms with Gasteiger partial charge in [0.05, 0.1) is 37.5 Å². The highest BCUT2D eigenvalue weighted by atomic mass is 32.2. The molecule has 1 saturated heterocycles. The van der Waals surface area contributed by atoms with Gasteiger partial charge in [0.2, 0.25) is 10.0 Å². The van der Waals surface area contributed by atoms with Gasteiger partial charge < -0.3 is 28.7 Å². The van der Waals surface area contributed by atoms with Crippen molar-refractivity contribution in [3.8, 4) is 23.0 Å². The molecule has 0 saturated carbocycles. The van der Waals surface area contributed by atoms with Gasteiger partial charge in [0.25, 0.3) is 5.91 Å². The molecule has 1 heterocycles. The van der Waals surface area contributed by atoms with E-state index in [2.05, 4.69) is 4.74 Å². The number of hydrogen-bond donors (Lipinski definition) is 0. The molecule has 238 valence electrons. The minimum atomic E-state index is -4.94. The second-order valence-corrected chi connectivity index (χ2v) is 12.0. The zero-order valence-corrected chi connectivity index (χ0v) is 25.6. The molecule has 0 aromatic heterocycles. The summed E-state index contributed by atoms with van der Waals surface area (Å²) in [7, 11) is 2.17. The Morgan fingerprint density at radius 3 is 2.11 bits per heavy atom. The van der Waals surface area contributed by atoms with E-state index in [0.717, 1.165) is 11.6 Å². The van der Waals surface area contributed by atoms with Crippen molar-refractivity contribution in [3.63, 3.8) is 0 Å². The van der Waals surface area contributed by atoms with E-state index >= 15 is 0 Å². The van der Waals surface area contributed by atoms with Gasteiger partial charge in [0.15, 0.2) is 11.5 Å². The van der Waals surface area contributed by atoms with E-state index in [1.165, 1.54) is 67.9 Å². The highest BCUT2D eigenvalue weighted by molar-refractivity contribution is 7.89. The minimum Gasteiger partial charge on any atom is -0.495 e. The van der Waals surface area contributed by atoms with E-state index in [9.17, 15) is 26.4 Å². The van der Waals surface area contributed by atoms with Gasteiger partial charge in [-0.2, -0.15) is 0 Å². The van der Waals surface area contributed by atoms with Crippen LogP contribution in [0.2, 0.25) is 0 Å². The first-order chi connectivity index (χ1) is 20.9. The first-order valence-electron chi connectivity index (χ1n) is 13.6. The molecule has 44 heavy (non-hydrogen) atoms. The van der Waals surface area contributed by atoms with Gasteiger partial charge in [0, 0.05) is 39.8 Å². The number of nitrogens with zero attached hydrogens (tertiary/aromatic N) is 3. The maximum Gasteiger partial charge on any atom is 0.573 e. The summed E-state index contributed by atoms with van der Waals surface area (Å²) >= 11 is 0. The van der Waals surface area contributed by atoms with Crippen molar-refractivity contribution in [2.45, 2.75) is 17.7 Å². The average Bonchev–Trinajstić information content (AvgIpc) is 3.02. The third-order valence-corrected chi connectivity index (χ3v) is 9.13. The second-order valence-electron chi connectivity index (χ2n) is 9.92. The number of likely N-dealkylation sites (N-methyl/N-ethyl adjacent to an activating group) is 1. The lowest BCUT2D eigenvalue weighted by Gasteiger charge is -2.37. The van der Waals surface area contributed by atoms with Crippen LogP contribution < -0.4 is 23.8 Å². The summed E-state index contributed by atoms with van der Waals surface area (Å²) in [6.45, 7) is 1.17. The van der Waals surface area contributed by atoms with E-state index in [1.54, 1.807) is 18.2 Å². The predicted octanol–water partition coefficient (Wildman–Crippen LogP) is 4.44. The number of carbonyl (C=O) groups is 1. The molecule has 1 aliphatic rings. The Morgan fingerprint density at radius 2 is 1.48 bits per heavy atom. The molecule has 0 radical (unpaired) electrons. The molecule has 0 aliphatic carbocycles. The van der Waals surface area contributed by atoms with E-state index in [1.807, 2.05) is 11.0 Å². The second kappa shape index (κ2) is 13.6. The predicted molar refractivity (Wildman–Crippen MR) is 157 cm³/mol. The molecule has 0 atom stereocenters. The number of para-hydroxylation sites is 1. The maximum absolute atomic E-state index is 13.5. The van der Waals surface area contributed by atoms with Crippen LogP contribution >= 0.6 is 0 Å². The highest BCUT2D eigenvalue weighted by Gasteiger charge is 2.34. The lowest BCUT2D eigenvalue weighted by Crippen LogP contribution is -2.49. The number of hydrogen-bond acceptors (Lipinski definition) is 8. The number of anilines is 1. The largest absolute Gasteiger partial charge is 0.573 e. The molecule has 0 bridgehead atoms. The molecular weight excluding hydrogens is 603 g/mol. The Morgan fingerprint density at radius 1 is 0.841 bits per heavy atom. The Balaban J connectivity index is 1.46. The number of ether oxygens (including phenoxy) is 4. The fourth-order valence-corrected chi connectivity index (χ4v) is 6.07. The quantitative estimate of drug-likeness (QED) is 0.305. The summed E-state index contributed by atoms with van der Waals surface area (Å²) in [5.74, 6) is 0.413. The molecule has 14 heteroatoms. The summed E-state index contributed by atoms with van der Waals surface area (Å²) in [6.07, 6.45) is -4.50. The van der Waals surface area contributed by atoms with Crippen LogP contribution in [0.25, 0.3) is 0 Å². The standard InChI is InChI=1S/C30H34F3N3O7S/c1-34(14-13-21-9-11-27(41-3)28(19-21)42-4)44(38,39)22-10-12-26(40-2)24(20-22)35-15-17-36(18-16-35)29(37)23-7-5-6-8-25(23)43-30(31,32)33/h5-12,19-20H,13-18H2,1-4H3. The Hall–Kier alpha value is -4.17. The molecule has 0 unspecified atom stereocenters. The van der Waals surface area contributed by atoms with Crippen molar-refractivity contribution in [1.82, 2.24) is 9.21 Å². The fourth-order valence-electron chi connectivity index (χ4n) is 4.88. The van der Waals surface area contributed by atoms with E-state index < -0.39 is 28.0 Å². The van der Waals surface area contributed by atoms with Crippen LogP contribution in [0.1, 0.15) is 15.9 Å². The van der Waals surface area contributed by atoms with Gasteiger partial charge in [-0.15, -0.1) is 13.2 Å². The van der Waals surface area contributed by atoms with Crippen molar-refractivity contribution in [2.75, 3.05) is 66.0 Å². The number of piperazine rings is 1. The normalized spacial score (nSPS) is 14.0. The molecule has 1 fully saturated rings. The maximum atomic E-state index is 13.5. The van der Waals surface area contributed by atoms with Crippen LogP contribution in [-0.2, 0) is 16.4 Å². The van der Waals surface area contributed by atoms with Crippen molar-refractivity contribution in [2.24, 2.45) is 0 Å². The molecule has 3 aromatic carbocycles. The summed E-state index contributed by atoms with van der Waals surface area (Å²) < 4.78 is 87.0. The molecule has 0 N–H and O–H groups in total. The third-order valence-electron chi connectivity index (χ3n) is 7.27. The van der Waals surface area contributed by atoms with Crippen molar-refractivity contribution in [1.29, 1.82) is 0 Å². The highest BCUT2D eigenvalue weighted by Crippen LogP contribution is 2.34. The monoisotopic (exact) mass is 637 g/mol. The number of sulfonamides is 1. The third kappa shape index (κ3) is 7.48. The number of amides is 1. The SMILES string of the molecule is COc1ccc(CCN(C)S(=O)(=O)c2ccc(OC)c(N3CCN(C(=O)c4ccccc4OC(F)(F)F)CC3)c2)cc1OC. The topological polar surface area (TPSA) is 97.9 Å². The molecular formula is C30H34F3N3O7S.